The molecule has 1 unspecified atom stereocenters. The third-order valence-electron chi connectivity index (χ3n) is 3.77. The molecule has 1 amide bonds. The second kappa shape index (κ2) is 6.05. The maximum absolute atomic E-state index is 12.5. The van der Waals surface area contributed by atoms with E-state index in [4.69, 9.17) is 0 Å². The Kier molecular flexibility index (Phi) is 4.56. The van der Waals surface area contributed by atoms with Gasteiger partial charge in [-0.05, 0) is 30.2 Å². The summed E-state index contributed by atoms with van der Waals surface area (Å²) in [5.74, 6) is 0.0834. The van der Waals surface area contributed by atoms with Crippen LogP contribution in [0.15, 0.2) is 24.3 Å². The van der Waals surface area contributed by atoms with E-state index in [9.17, 15) is 18.0 Å². The maximum Gasteiger partial charge on any atom is 0.416 e. The molecule has 1 N–H and O–H groups in total. The summed E-state index contributed by atoms with van der Waals surface area (Å²) in [5, 5.41) is 3.24. The Hall–Kier alpha value is -1.56. The second-order valence-electron chi connectivity index (χ2n) is 5.59. The average molecular weight is 300 g/mol. The molecule has 3 nitrogen and oxygen atoms in total. The Labute approximate surface area is 122 Å². The minimum atomic E-state index is -4.38. The lowest BCUT2D eigenvalue weighted by atomic mass is 9.99. The predicted molar refractivity (Wildman–Crippen MR) is 74.0 cm³/mol. The molecule has 1 aromatic carbocycles. The third-order valence-corrected chi connectivity index (χ3v) is 3.77. The number of hydrogen-bond donors (Lipinski definition) is 1. The Morgan fingerprint density at radius 2 is 1.90 bits per heavy atom. The van der Waals surface area contributed by atoms with Crippen molar-refractivity contribution in [1.29, 1.82) is 0 Å². The van der Waals surface area contributed by atoms with Crippen molar-refractivity contribution < 1.29 is 18.0 Å². The van der Waals surface area contributed by atoms with Crippen molar-refractivity contribution >= 4 is 5.91 Å². The van der Waals surface area contributed by atoms with E-state index in [1.165, 1.54) is 12.1 Å². The van der Waals surface area contributed by atoms with Crippen molar-refractivity contribution in [3.05, 3.63) is 35.4 Å². The van der Waals surface area contributed by atoms with Crippen LogP contribution in [0.1, 0.15) is 29.8 Å². The van der Waals surface area contributed by atoms with Gasteiger partial charge in [0.25, 0.3) is 5.91 Å². The summed E-state index contributed by atoms with van der Waals surface area (Å²) in [6.07, 6.45) is -4.38. The van der Waals surface area contributed by atoms with Crippen LogP contribution in [0.2, 0.25) is 0 Å². The number of carbonyl (C=O) groups is 1. The summed E-state index contributed by atoms with van der Waals surface area (Å²) in [6, 6.07) is 4.49. The van der Waals surface area contributed by atoms with E-state index in [0.29, 0.717) is 25.2 Å². The number of halogens is 3. The Bertz CT molecular complexity index is 497. The normalized spacial score (nSPS) is 19.9. The number of alkyl halides is 3. The number of piperazine rings is 1. The van der Waals surface area contributed by atoms with Gasteiger partial charge in [0, 0.05) is 31.2 Å². The summed E-state index contributed by atoms with van der Waals surface area (Å²) in [4.78, 5) is 14.2. The molecular weight excluding hydrogens is 281 g/mol. The molecule has 1 heterocycles. The number of rotatable bonds is 2. The zero-order chi connectivity index (χ0) is 15.6. The van der Waals surface area contributed by atoms with E-state index in [0.717, 1.165) is 12.1 Å². The van der Waals surface area contributed by atoms with E-state index < -0.39 is 11.7 Å². The lowest BCUT2D eigenvalue weighted by Gasteiger charge is -2.38. The van der Waals surface area contributed by atoms with Crippen LogP contribution < -0.4 is 5.32 Å². The molecule has 0 aliphatic carbocycles. The Morgan fingerprint density at radius 3 is 2.43 bits per heavy atom. The van der Waals surface area contributed by atoms with Gasteiger partial charge in [-0.2, -0.15) is 13.2 Å². The Morgan fingerprint density at radius 1 is 1.29 bits per heavy atom. The maximum atomic E-state index is 12.5. The molecule has 1 aliphatic rings. The van der Waals surface area contributed by atoms with E-state index >= 15 is 0 Å². The summed E-state index contributed by atoms with van der Waals surface area (Å²) >= 11 is 0. The minimum absolute atomic E-state index is 0.0635. The van der Waals surface area contributed by atoms with Gasteiger partial charge in [-0.15, -0.1) is 0 Å². The molecule has 0 spiro atoms. The van der Waals surface area contributed by atoms with Gasteiger partial charge in [-0.25, -0.2) is 0 Å². The van der Waals surface area contributed by atoms with Gasteiger partial charge in [0.05, 0.1) is 5.56 Å². The number of nitrogens with one attached hydrogen (secondary N) is 1. The highest BCUT2D eigenvalue weighted by molar-refractivity contribution is 5.94. The molecule has 2 rings (SSSR count). The van der Waals surface area contributed by atoms with Crippen molar-refractivity contribution in [3.8, 4) is 0 Å². The quantitative estimate of drug-likeness (QED) is 0.911. The highest BCUT2D eigenvalue weighted by Gasteiger charge is 2.32. The van der Waals surface area contributed by atoms with Crippen LogP contribution in [0.5, 0.6) is 0 Å². The second-order valence-corrected chi connectivity index (χ2v) is 5.59. The molecule has 6 heteroatoms. The molecule has 1 aromatic rings. The first-order valence-electron chi connectivity index (χ1n) is 6.99. The van der Waals surface area contributed by atoms with Crippen LogP contribution in [0.25, 0.3) is 0 Å². The molecule has 0 radical (unpaired) electrons. The summed E-state index contributed by atoms with van der Waals surface area (Å²) in [5.41, 5.74) is -0.435. The van der Waals surface area contributed by atoms with Crippen molar-refractivity contribution in [3.63, 3.8) is 0 Å². The monoisotopic (exact) mass is 300 g/mol. The van der Waals surface area contributed by atoms with Crippen molar-refractivity contribution in [2.24, 2.45) is 5.92 Å². The van der Waals surface area contributed by atoms with Gasteiger partial charge in [0.15, 0.2) is 0 Å². The molecule has 1 saturated heterocycles. The van der Waals surface area contributed by atoms with Gasteiger partial charge in [0.2, 0.25) is 0 Å². The molecule has 0 bridgehead atoms. The first-order chi connectivity index (χ1) is 9.80. The number of carbonyl (C=O) groups excluding carboxylic acids is 1. The molecular formula is C15H19F3N2O. The van der Waals surface area contributed by atoms with Crippen molar-refractivity contribution in [2.45, 2.75) is 26.1 Å². The predicted octanol–water partition coefficient (Wildman–Crippen LogP) is 2.78. The SMILES string of the molecule is CC(C)C1CNCCN1C(=O)c1ccc(C(F)(F)F)cc1. The Balaban J connectivity index is 2.19. The number of amides is 1. The average Bonchev–Trinajstić information content (AvgIpc) is 2.45. The van der Waals surface area contributed by atoms with Crippen LogP contribution >= 0.6 is 0 Å². The highest BCUT2D eigenvalue weighted by Crippen LogP contribution is 2.29. The summed E-state index contributed by atoms with van der Waals surface area (Å²) < 4.78 is 37.6. The van der Waals surface area contributed by atoms with Gasteiger partial charge in [-0.3, -0.25) is 4.79 Å². The zero-order valence-corrected chi connectivity index (χ0v) is 12.1. The fourth-order valence-corrected chi connectivity index (χ4v) is 2.54. The van der Waals surface area contributed by atoms with E-state index in [2.05, 4.69) is 5.32 Å². The number of benzene rings is 1. The van der Waals surface area contributed by atoms with Crippen LogP contribution in [0, 0.1) is 5.92 Å². The standard InChI is InChI=1S/C15H19F3N2O/c1-10(2)13-9-19-7-8-20(13)14(21)11-3-5-12(6-4-11)15(16,17)18/h3-6,10,13,19H,7-9H2,1-2H3. The largest absolute Gasteiger partial charge is 0.416 e. The lowest BCUT2D eigenvalue weighted by molar-refractivity contribution is -0.137. The van der Waals surface area contributed by atoms with Crippen molar-refractivity contribution in [1.82, 2.24) is 10.2 Å². The lowest BCUT2D eigenvalue weighted by Crippen LogP contribution is -2.55. The van der Waals surface area contributed by atoms with Crippen LogP contribution in [0.3, 0.4) is 0 Å². The first-order valence-corrected chi connectivity index (χ1v) is 6.99. The summed E-state index contributed by atoms with van der Waals surface area (Å²) in [6.45, 7) is 6.05. The fourth-order valence-electron chi connectivity index (χ4n) is 2.54. The fraction of sp³-hybridized carbons (Fsp3) is 0.533. The molecule has 21 heavy (non-hydrogen) atoms. The van der Waals surface area contributed by atoms with Crippen LogP contribution in [0.4, 0.5) is 13.2 Å². The first kappa shape index (κ1) is 15.8. The van der Waals surface area contributed by atoms with Gasteiger partial charge < -0.3 is 10.2 Å². The number of hydrogen-bond acceptors (Lipinski definition) is 2. The van der Waals surface area contributed by atoms with Crippen molar-refractivity contribution in [2.75, 3.05) is 19.6 Å². The smallest absolute Gasteiger partial charge is 0.333 e. The zero-order valence-electron chi connectivity index (χ0n) is 12.1. The molecule has 0 aromatic heterocycles. The van der Waals surface area contributed by atoms with Crippen LogP contribution in [-0.4, -0.2) is 36.5 Å². The van der Waals surface area contributed by atoms with E-state index in [1.807, 2.05) is 13.8 Å². The van der Waals surface area contributed by atoms with E-state index in [1.54, 1.807) is 4.90 Å². The molecule has 1 fully saturated rings. The minimum Gasteiger partial charge on any atom is -0.333 e. The van der Waals surface area contributed by atoms with Gasteiger partial charge >= 0.3 is 6.18 Å². The van der Waals surface area contributed by atoms with Gasteiger partial charge in [-0.1, -0.05) is 13.8 Å². The van der Waals surface area contributed by atoms with Gasteiger partial charge in [0.1, 0.15) is 0 Å². The third kappa shape index (κ3) is 3.56. The molecule has 1 aliphatic heterocycles. The highest BCUT2D eigenvalue weighted by atomic mass is 19.4. The summed E-state index contributed by atoms with van der Waals surface area (Å²) in [7, 11) is 0. The molecule has 0 saturated carbocycles. The molecule has 116 valence electrons. The van der Waals surface area contributed by atoms with Crippen LogP contribution in [-0.2, 0) is 6.18 Å². The molecule has 1 atom stereocenters. The topological polar surface area (TPSA) is 32.3 Å². The van der Waals surface area contributed by atoms with E-state index in [-0.39, 0.29) is 17.9 Å². The number of nitrogens with zero attached hydrogens (tertiary/aromatic N) is 1.